The van der Waals surface area contributed by atoms with Crippen LogP contribution in [0.4, 0.5) is 13.2 Å². The SMILES string of the molecule is N[C@@H]1CCCN(CC(=O)NCC(F)(F)F)C1. The molecule has 7 heteroatoms. The average Bonchev–Trinajstić information content (AvgIpc) is 2.14. The lowest BCUT2D eigenvalue weighted by Crippen LogP contribution is -2.47. The number of carbonyl (C=O) groups is 1. The topological polar surface area (TPSA) is 58.4 Å². The Hall–Kier alpha value is -0.820. The van der Waals surface area contributed by atoms with Crippen LogP contribution in [0.1, 0.15) is 12.8 Å². The van der Waals surface area contributed by atoms with E-state index in [1.54, 1.807) is 4.90 Å². The van der Waals surface area contributed by atoms with Crippen molar-refractivity contribution in [2.45, 2.75) is 25.1 Å². The van der Waals surface area contributed by atoms with Crippen molar-refractivity contribution in [1.82, 2.24) is 10.2 Å². The van der Waals surface area contributed by atoms with E-state index in [1.807, 2.05) is 5.32 Å². The second kappa shape index (κ2) is 5.49. The van der Waals surface area contributed by atoms with E-state index in [2.05, 4.69) is 0 Å². The number of rotatable bonds is 3. The summed E-state index contributed by atoms with van der Waals surface area (Å²) in [5, 5.41) is 1.84. The lowest BCUT2D eigenvalue weighted by molar-refractivity contribution is -0.139. The number of carbonyl (C=O) groups excluding carboxylic acids is 1. The number of hydrogen-bond donors (Lipinski definition) is 2. The number of alkyl halides is 3. The van der Waals surface area contributed by atoms with Crippen molar-refractivity contribution in [3.05, 3.63) is 0 Å². The molecule has 0 aliphatic carbocycles. The fourth-order valence-electron chi connectivity index (χ4n) is 1.69. The quantitative estimate of drug-likeness (QED) is 0.733. The third kappa shape index (κ3) is 5.32. The summed E-state index contributed by atoms with van der Waals surface area (Å²) in [7, 11) is 0. The highest BCUT2D eigenvalue weighted by atomic mass is 19.4. The maximum absolute atomic E-state index is 11.8. The van der Waals surface area contributed by atoms with Crippen molar-refractivity contribution in [2.24, 2.45) is 5.73 Å². The Bertz CT molecular complexity index is 245. The highest BCUT2D eigenvalue weighted by molar-refractivity contribution is 5.78. The van der Waals surface area contributed by atoms with E-state index in [0.29, 0.717) is 13.1 Å². The van der Waals surface area contributed by atoms with Gasteiger partial charge in [0.2, 0.25) is 5.91 Å². The predicted molar refractivity (Wildman–Crippen MR) is 52.7 cm³/mol. The van der Waals surface area contributed by atoms with Crippen LogP contribution >= 0.6 is 0 Å². The molecule has 0 aromatic heterocycles. The molecule has 1 saturated heterocycles. The Morgan fingerprint density at radius 2 is 2.19 bits per heavy atom. The van der Waals surface area contributed by atoms with E-state index in [4.69, 9.17) is 5.73 Å². The average molecular weight is 239 g/mol. The molecule has 1 aliphatic heterocycles. The zero-order valence-electron chi connectivity index (χ0n) is 8.89. The lowest BCUT2D eigenvalue weighted by Gasteiger charge is -2.29. The Morgan fingerprint density at radius 1 is 1.50 bits per heavy atom. The molecule has 1 fully saturated rings. The Morgan fingerprint density at radius 3 is 2.75 bits per heavy atom. The molecule has 1 aliphatic rings. The van der Waals surface area contributed by atoms with Gasteiger partial charge in [0.05, 0.1) is 6.54 Å². The summed E-state index contributed by atoms with van der Waals surface area (Å²) in [5.74, 6) is -0.605. The van der Waals surface area contributed by atoms with Crippen LogP contribution in [0.5, 0.6) is 0 Å². The van der Waals surface area contributed by atoms with Gasteiger partial charge in [-0.15, -0.1) is 0 Å². The molecule has 3 N–H and O–H groups in total. The van der Waals surface area contributed by atoms with Crippen LogP contribution < -0.4 is 11.1 Å². The van der Waals surface area contributed by atoms with Crippen LogP contribution in [0.3, 0.4) is 0 Å². The molecular formula is C9H16F3N3O. The molecule has 1 heterocycles. The lowest BCUT2D eigenvalue weighted by atomic mass is 10.1. The van der Waals surface area contributed by atoms with Crippen LogP contribution in [-0.2, 0) is 4.79 Å². The van der Waals surface area contributed by atoms with E-state index >= 15 is 0 Å². The predicted octanol–water partition coefficient (Wildman–Crippen LogP) is 0.0880. The highest BCUT2D eigenvalue weighted by Gasteiger charge is 2.28. The normalized spacial score (nSPS) is 23.1. The third-order valence-electron chi connectivity index (χ3n) is 2.40. The molecule has 0 unspecified atom stereocenters. The first-order valence-electron chi connectivity index (χ1n) is 5.18. The second-order valence-corrected chi connectivity index (χ2v) is 4.03. The van der Waals surface area contributed by atoms with Crippen LogP contribution in [0.2, 0.25) is 0 Å². The summed E-state index contributed by atoms with van der Waals surface area (Å²) in [4.78, 5) is 12.9. The Labute approximate surface area is 92.0 Å². The third-order valence-corrected chi connectivity index (χ3v) is 2.40. The fraction of sp³-hybridized carbons (Fsp3) is 0.889. The molecule has 0 aromatic carbocycles. The van der Waals surface area contributed by atoms with Gasteiger partial charge in [-0.2, -0.15) is 13.2 Å². The Kier molecular flexibility index (Phi) is 4.55. The van der Waals surface area contributed by atoms with Gasteiger partial charge in [-0.25, -0.2) is 0 Å². The van der Waals surface area contributed by atoms with E-state index in [9.17, 15) is 18.0 Å². The van der Waals surface area contributed by atoms with Crippen molar-refractivity contribution < 1.29 is 18.0 Å². The van der Waals surface area contributed by atoms with Crippen LogP contribution in [-0.4, -0.2) is 49.2 Å². The van der Waals surface area contributed by atoms with Gasteiger partial charge in [-0.05, 0) is 19.4 Å². The molecule has 94 valence electrons. The van der Waals surface area contributed by atoms with Gasteiger partial charge in [0.1, 0.15) is 6.54 Å². The monoisotopic (exact) mass is 239 g/mol. The molecule has 4 nitrogen and oxygen atoms in total. The first-order chi connectivity index (χ1) is 7.37. The number of nitrogens with zero attached hydrogens (tertiary/aromatic N) is 1. The molecule has 0 spiro atoms. The molecule has 0 saturated carbocycles. The maximum Gasteiger partial charge on any atom is 0.405 e. The molecule has 1 amide bonds. The second-order valence-electron chi connectivity index (χ2n) is 4.03. The van der Waals surface area contributed by atoms with E-state index < -0.39 is 18.6 Å². The van der Waals surface area contributed by atoms with Crippen molar-refractivity contribution in [1.29, 1.82) is 0 Å². The van der Waals surface area contributed by atoms with Gasteiger partial charge in [-0.1, -0.05) is 0 Å². The van der Waals surface area contributed by atoms with Crippen molar-refractivity contribution >= 4 is 5.91 Å². The van der Waals surface area contributed by atoms with Gasteiger partial charge in [0.15, 0.2) is 0 Å². The van der Waals surface area contributed by atoms with Gasteiger partial charge in [0, 0.05) is 12.6 Å². The largest absolute Gasteiger partial charge is 0.405 e. The fourth-order valence-corrected chi connectivity index (χ4v) is 1.69. The first kappa shape index (κ1) is 13.2. The van der Waals surface area contributed by atoms with Gasteiger partial charge >= 0.3 is 6.18 Å². The summed E-state index contributed by atoms with van der Waals surface area (Å²) in [6.07, 6.45) is -2.57. The molecule has 1 atom stereocenters. The molecule has 0 aromatic rings. The van der Waals surface area contributed by atoms with Crippen molar-refractivity contribution in [3.8, 4) is 0 Å². The molecule has 0 radical (unpaired) electrons. The summed E-state index contributed by atoms with van der Waals surface area (Å²) in [6, 6.07) is 0.0177. The molecule has 1 rings (SSSR count). The number of nitrogens with two attached hydrogens (primary N) is 1. The number of amides is 1. The number of piperidine rings is 1. The first-order valence-corrected chi connectivity index (χ1v) is 5.18. The van der Waals surface area contributed by atoms with Gasteiger partial charge in [-0.3, -0.25) is 9.69 Å². The Balaban J connectivity index is 2.23. The van der Waals surface area contributed by atoms with E-state index in [1.165, 1.54) is 0 Å². The summed E-state index contributed by atoms with van der Waals surface area (Å²) >= 11 is 0. The minimum Gasteiger partial charge on any atom is -0.346 e. The van der Waals surface area contributed by atoms with Gasteiger partial charge in [0.25, 0.3) is 0 Å². The standard InChI is InChI=1S/C9H16F3N3O/c10-9(11,12)6-14-8(16)5-15-3-1-2-7(13)4-15/h7H,1-6,13H2,(H,14,16)/t7-/m1/s1. The number of halogens is 3. The van der Waals surface area contributed by atoms with Crippen LogP contribution in [0.25, 0.3) is 0 Å². The molecular weight excluding hydrogens is 223 g/mol. The minimum atomic E-state index is -4.35. The zero-order chi connectivity index (χ0) is 12.2. The number of likely N-dealkylation sites (tertiary alicyclic amines) is 1. The zero-order valence-corrected chi connectivity index (χ0v) is 8.89. The van der Waals surface area contributed by atoms with E-state index in [0.717, 1.165) is 12.8 Å². The summed E-state index contributed by atoms with van der Waals surface area (Å²) < 4.78 is 35.4. The molecule has 16 heavy (non-hydrogen) atoms. The maximum atomic E-state index is 11.8. The van der Waals surface area contributed by atoms with E-state index in [-0.39, 0.29) is 12.6 Å². The number of nitrogens with one attached hydrogen (secondary N) is 1. The van der Waals surface area contributed by atoms with Crippen molar-refractivity contribution in [2.75, 3.05) is 26.2 Å². The van der Waals surface area contributed by atoms with Crippen LogP contribution in [0.15, 0.2) is 0 Å². The highest BCUT2D eigenvalue weighted by Crippen LogP contribution is 2.12. The smallest absolute Gasteiger partial charge is 0.346 e. The van der Waals surface area contributed by atoms with Crippen molar-refractivity contribution in [3.63, 3.8) is 0 Å². The summed E-state index contributed by atoms with van der Waals surface area (Å²) in [5.41, 5.74) is 5.69. The van der Waals surface area contributed by atoms with Gasteiger partial charge < -0.3 is 11.1 Å². The van der Waals surface area contributed by atoms with Crippen LogP contribution in [0, 0.1) is 0 Å². The minimum absolute atomic E-state index is 0.0101. The summed E-state index contributed by atoms with van der Waals surface area (Å²) in [6.45, 7) is 0.00207. The molecule has 0 bridgehead atoms. The number of hydrogen-bond acceptors (Lipinski definition) is 3.